The number of hydrogen-bond donors (Lipinski definition) is 0. The highest BCUT2D eigenvalue weighted by molar-refractivity contribution is 5.23. The molecule has 0 fully saturated rings. The summed E-state index contributed by atoms with van der Waals surface area (Å²) in [4.78, 5) is 0. The molecule has 0 saturated heterocycles. The van der Waals surface area contributed by atoms with Gasteiger partial charge >= 0.3 is 0 Å². The van der Waals surface area contributed by atoms with E-state index in [9.17, 15) is 0 Å². The summed E-state index contributed by atoms with van der Waals surface area (Å²) in [6.07, 6.45) is -0.257. The van der Waals surface area contributed by atoms with Crippen LogP contribution in [0.25, 0.3) is 0 Å². The number of para-hydroxylation sites is 1. The smallest absolute Gasteiger partial charge is 0.226 e. The Kier molecular flexibility index (Phi) is 4.37. The summed E-state index contributed by atoms with van der Waals surface area (Å²) in [7, 11) is 0. The Balaban J connectivity index is 2.16. The van der Waals surface area contributed by atoms with Crippen LogP contribution >= 0.6 is 0 Å². The third-order valence-corrected chi connectivity index (χ3v) is 2.45. The summed E-state index contributed by atoms with van der Waals surface area (Å²) < 4.78 is 11.7. The molecule has 1 atom stereocenters. The van der Waals surface area contributed by atoms with Gasteiger partial charge in [0.15, 0.2) is 0 Å². The fourth-order valence-corrected chi connectivity index (χ4v) is 1.65. The minimum atomic E-state index is -0.367. The quantitative estimate of drug-likeness (QED) is 0.732. The van der Waals surface area contributed by atoms with Crippen molar-refractivity contribution in [3.05, 3.63) is 66.2 Å². The molecule has 0 heterocycles. The molecule has 0 aliphatic heterocycles. The molecule has 2 nitrogen and oxygen atoms in total. The fraction of sp³-hybridized carbons (Fsp3) is 0.250. The molecule has 0 bridgehead atoms. The molecule has 94 valence electrons. The van der Waals surface area contributed by atoms with Crippen molar-refractivity contribution in [1.29, 1.82) is 0 Å². The summed E-state index contributed by atoms with van der Waals surface area (Å²) in [5.41, 5.74) is 1.02. The SMILES string of the molecule is CC(C)OC(Oc1ccccc1)c1ccccc1. The van der Waals surface area contributed by atoms with Crippen LogP contribution in [0.4, 0.5) is 0 Å². The highest BCUT2D eigenvalue weighted by atomic mass is 16.7. The third-order valence-electron chi connectivity index (χ3n) is 2.45. The summed E-state index contributed by atoms with van der Waals surface area (Å²) in [6, 6.07) is 19.7. The van der Waals surface area contributed by atoms with Gasteiger partial charge < -0.3 is 9.47 Å². The lowest BCUT2D eigenvalue weighted by molar-refractivity contribution is -0.111. The van der Waals surface area contributed by atoms with E-state index in [2.05, 4.69) is 0 Å². The van der Waals surface area contributed by atoms with Gasteiger partial charge in [0.1, 0.15) is 5.75 Å². The Labute approximate surface area is 108 Å². The van der Waals surface area contributed by atoms with Gasteiger partial charge in [-0.05, 0) is 26.0 Å². The number of benzene rings is 2. The van der Waals surface area contributed by atoms with Crippen molar-refractivity contribution in [2.75, 3.05) is 0 Å². The Hall–Kier alpha value is -1.80. The van der Waals surface area contributed by atoms with Gasteiger partial charge in [-0.25, -0.2) is 0 Å². The predicted molar refractivity (Wildman–Crippen MR) is 72.5 cm³/mol. The van der Waals surface area contributed by atoms with Gasteiger partial charge in [0.2, 0.25) is 6.29 Å². The monoisotopic (exact) mass is 242 g/mol. The van der Waals surface area contributed by atoms with Gasteiger partial charge in [-0.2, -0.15) is 0 Å². The second-order valence-corrected chi connectivity index (χ2v) is 4.36. The largest absolute Gasteiger partial charge is 0.461 e. The molecule has 1 unspecified atom stereocenters. The van der Waals surface area contributed by atoms with Crippen LogP contribution in [0, 0.1) is 0 Å². The Morgan fingerprint density at radius 1 is 0.778 bits per heavy atom. The van der Waals surface area contributed by atoms with Crippen LogP contribution in [0.5, 0.6) is 5.75 Å². The molecule has 0 aromatic heterocycles. The standard InChI is InChI=1S/C16H18O2/c1-13(2)17-16(14-9-5-3-6-10-14)18-15-11-7-4-8-12-15/h3-13,16H,1-2H3. The van der Waals surface area contributed by atoms with E-state index in [1.807, 2.05) is 74.5 Å². The summed E-state index contributed by atoms with van der Waals surface area (Å²) in [5, 5.41) is 0. The molecule has 0 spiro atoms. The van der Waals surface area contributed by atoms with E-state index in [-0.39, 0.29) is 12.4 Å². The normalized spacial score (nSPS) is 12.4. The predicted octanol–water partition coefficient (Wildman–Crippen LogP) is 4.19. The zero-order chi connectivity index (χ0) is 12.8. The van der Waals surface area contributed by atoms with Crippen molar-refractivity contribution >= 4 is 0 Å². The van der Waals surface area contributed by atoms with Crippen molar-refractivity contribution < 1.29 is 9.47 Å². The van der Waals surface area contributed by atoms with Gasteiger partial charge in [-0.15, -0.1) is 0 Å². The summed E-state index contributed by atoms with van der Waals surface area (Å²) in [5.74, 6) is 0.812. The van der Waals surface area contributed by atoms with Crippen molar-refractivity contribution in [3.63, 3.8) is 0 Å². The molecule has 2 rings (SSSR count). The lowest BCUT2D eigenvalue weighted by Crippen LogP contribution is -2.16. The van der Waals surface area contributed by atoms with Crippen LogP contribution in [0.3, 0.4) is 0 Å². The maximum absolute atomic E-state index is 5.89. The first kappa shape index (κ1) is 12.7. The van der Waals surface area contributed by atoms with E-state index >= 15 is 0 Å². The van der Waals surface area contributed by atoms with Crippen molar-refractivity contribution in [2.45, 2.75) is 26.2 Å². The average molecular weight is 242 g/mol. The van der Waals surface area contributed by atoms with Gasteiger partial charge in [0.25, 0.3) is 0 Å². The Morgan fingerprint density at radius 2 is 1.33 bits per heavy atom. The van der Waals surface area contributed by atoms with Crippen LogP contribution in [-0.2, 0) is 4.74 Å². The minimum Gasteiger partial charge on any atom is -0.461 e. The van der Waals surface area contributed by atoms with Crippen LogP contribution < -0.4 is 4.74 Å². The summed E-state index contributed by atoms with van der Waals surface area (Å²) in [6.45, 7) is 4.01. The average Bonchev–Trinajstić information content (AvgIpc) is 2.40. The molecule has 0 aliphatic carbocycles. The topological polar surface area (TPSA) is 18.5 Å². The Morgan fingerprint density at radius 3 is 1.89 bits per heavy atom. The first-order chi connectivity index (χ1) is 8.75. The molecule has 0 amide bonds. The molecular weight excluding hydrogens is 224 g/mol. The van der Waals surface area contributed by atoms with Crippen molar-refractivity contribution in [2.24, 2.45) is 0 Å². The van der Waals surface area contributed by atoms with E-state index in [1.165, 1.54) is 0 Å². The molecule has 0 aliphatic rings. The zero-order valence-electron chi connectivity index (χ0n) is 10.7. The lowest BCUT2D eigenvalue weighted by Gasteiger charge is -2.22. The van der Waals surface area contributed by atoms with Gasteiger partial charge in [-0.1, -0.05) is 48.5 Å². The molecule has 0 N–H and O–H groups in total. The van der Waals surface area contributed by atoms with E-state index in [0.29, 0.717) is 0 Å². The van der Waals surface area contributed by atoms with E-state index in [0.717, 1.165) is 11.3 Å². The third kappa shape index (κ3) is 3.60. The lowest BCUT2D eigenvalue weighted by atomic mass is 10.2. The summed E-state index contributed by atoms with van der Waals surface area (Å²) >= 11 is 0. The van der Waals surface area contributed by atoms with E-state index in [4.69, 9.17) is 9.47 Å². The molecule has 18 heavy (non-hydrogen) atoms. The molecular formula is C16H18O2. The van der Waals surface area contributed by atoms with Crippen LogP contribution in [0.2, 0.25) is 0 Å². The second-order valence-electron chi connectivity index (χ2n) is 4.36. The van der Waals surface area contributed by atoms with Crippen LogP contribution in [0.15, 0.2) is 60.7 Å². The van der Waals surface area contributed by atoms with E-state index in [1.54, 1.807) is 0 Å². The molecule has 0 saturated carbocycles. The first-order valence-electron chi connectivity index (χ1n) is 6.18. The minimum absolute atomic E-state index is 0.110. The molecule has 2 aromatic carbocycles. The molecule has 2 heteroatoms. The van der Waals surface area contributed by atoms with Crippen molar-refractivity contribution in [1.82, 2.24) is 0 Å². The maximum atomic E-state index is 5.89. The first-order valence-corrected chi connectivity index (χ1v) is 6.18. The molecule has 0 radical (unpaired) electrons. The number of hydrogen-bond acceptors (Lipinski definition) is 2. The molecule has 2 aromatic rings. The van der Waals surface area contributed by atoms with Gasteiger partial charge in [0.05, 0.1) is 6.10 Å². The van der Waals surface area contributed by atoms with Gasteiger partial charge in [0, 0.05) is 5.56 Å². The number of ether oxygens (including phenoxy) is 2. The maximum Gasteiger partial charge on any atom is 0.226 e. The highest BCUT2D eigenvalue weighted by Gasteiger charge is 2.15. The fourth-order valence-electron chi connectivity index (χ4n) is 1.65. The second kappa shape index (κ2) is 6.22. The van der Waals surface area contributed by atoms with E-state index < -0.39 is 0 Å². The zero-order valence-corrected chi connectivity index (χ0v) is 10.7. The number of rotatable bonds is 5. The van der Waals surface area contributed by atoms with Gasteiger partial charge in [-0.3, -0.25) is 0 Å². The Bertz CT molecular complexity index is 451. The highest BCUT2D eigenvalue weighted by Crippen LogP contribution is 2.23. The van der Waals surface area contributed by atoms with Crippen LogP contribution in [0.1, 0.15) is 25.7 Å². The van der Waals surface area contributed by atoms with Crippen molar-refractivity contribution in [3.8, 4) is 5.75 Å². The van der Waals surface area contributed by atoms with Crippen LogP contribution in [-0.4, -0.2) is 6.10 Å².